The molecule has 0 amide bonds. The van der Waals surface area contributed by atoms with Crippen molar-refractivity contribution < 1.29 is 9.47 Å². The van der Waals surface area contributed by atoms with Crippen molar-refractivity contribution in [3.05, 3.63) is 42.0 Å². The van der Waals surface area contributed by atoms with E-state index in [1.54, 1.807) is 7.11 Å². The standard InChI is InChI=1S/C24H33N5O2S/c1-18-7-6-12-29(16-18)20-15-21(30-2)27-22(26-20)28-23(32)25-17-24(10-13-31-14-11-24)19-8-4-3-5-9-19/h3-5,8-9,15,18H,6-7,10-14,16-17H2,1-2H3,(H2,25,26,27,28,32). The number of aromatic nitrogens is 2. The van der Waals surface area contributed by atoms with Crippen LogP contribution in [0.15, 0.2) is 36.4 Å². The van der Waals surface area contributed by atoms with Gasteiger partial charge in [0.2, 0.25) is 11.8 Å². The quantitative estimate of drug-likeness (QED) is 0.638. The van der Waals surface area contributed by atoms with Crippen LogP contribution < -0.4 is 20.3 Å². The third kappa shape index (κ3) is 5.48. The lowest BCUT2D eigenvalue weighted by Gasteiger charge is -2.38. The molecular weight excluding hydrogens is 422 g/mol. The number of thiocarbonyl (C=S) groups is 1. The number of piperidine rings is 1. The van der Waals surface area contributed by atoms with Gasteiger partial charge in [-0.1, -0.05) is 37.3 Å². The molecule has 172 valence electrons. The van der Waals surface area contributed by atoms with Crippen molar-refractivity contribution >= 4 is 29.1 Å². The van der Waals surface area contributed by atoms with Gasteiger partial charge in [-0.25, -0.2) is 0 Å². The zero-order chi connectivity index (χ0) is 22.4. The first kappa shape index (κ1) is 22.7. The van der Waals surface area contributed by atoms with Gasteiger partial charge in [-0.3, -0.25) is 0 Å². The van der Waals surface area contributed by atoms with Gasteiger partial charge in [-0.05, 0) is 49.4 Å². The van der Waals surface area contributed by atoms with E-state index in [-0.39, 0.29) is 5.41 Å². The fraction of sp³-hybridized carbons (Fsp3) is 0.542. The maximum atomic E-state index is 5.64. The molecule has 4 rings (SSSR count). The molecule has 2 N–H and O–H groups in total. The van der Waals surface area contributed by atoms with Gasteiger partial charge < -0.3 is 25.0 Å². The molecular formula is C24H33N5O2S. The first-order valence-corrected chi connectivity index (χ1v) is 11.8. The molecule has 2 saturated heterocycles. The number of rotatable bonds is 6. The highest BCUT2D eigenvalue weighted by Crippen LogP contribution is 2.34. The Bertz CT molecular complexity index is 905. The molecule has 8 heteroatoms. The fourth-order valence-corrected chi connectivity index (χ4v) is 4.81. The average molecular weight is 456 g/mol. The third-order valence-electron chi connectivity index (χ3n) is 6.53. The molecule has 3 heterocycles. The summed E-state index contributed by atoms with van der Waals surface area (Å²) in [6.07, 6.45) is 4.34. The highest BCUT2D eigenvalue weighted by Gasteiger charge is 2.34. The number of nitrogens with zero attached hydrogens (tertiary/aromatic N) is 3. The van der Waals surface area contributed by atoms with Gasteiger partial charge >= 0.3 is 0 Å². The van der Waals surface area contributed by atoms with Crippen molar-refractivity contribution in [1.82, 2.24) is 15.3 Å². The van der Waals surface area contributed by atoms with Crippen molar-refractivity contribution in [2.75, 3.05) is 50.2 Å². The van der Waals surface area contributed by atoms with Crippen LogP contribution in [-0.4, -0.2) is 55.0 Å². The zero-order valence-corrected chi connectivity index (χ0v) is 19.8. The summed E-state index contributed by atoms with van der Waals surface area (Å²) in [7, 11) is 1.63. The van der Waals surface area contributed by atoms with Crippen LogP contribution in [0.3, 0.4) is 0 Å². The summed E-state index contributed by atoms with van der Waals surface area (Å²) in [6.45, 7) is 6.51. The van der Waals surface area contributed by atoms with Gasteiger partial charge in [-0.2, -0.15) is 9.97 Å². The largest absolute Gasteiger partial charge is 0.481 e. The highest BCUT2D eigenvalue weighted by molar-refractivity contribution is 7.80. The molecule has 0 radical (unpaired) electrons. The van der Waals surface area contributed by atoms with Gasteiger partial charge in [-0.15, -0.1) is 0 Å². The first-order chi connectivity index (χ1) is 15.6. The number of hydrogen-bond acceptors (Lipinski definition) is 6. The molecule has 0 aliphatic carbocycles. The van der Waals surface area contributed by atoms with Gasteiger partial charge in [0.15, 0.2) is 5.11 Å². The van der Waals surface area contributed by atoms with Crippen molar-refractivity contribution in [3.63, 3.8) is 0 Å². The molecule has 32 heavy (non-hydrogen) atoms. The van der Waals surface area contributed by atoms with E-state index in [0.717, 1.165) is 51.5 Å². The number of benzene rings is 1. The van der Waals surface area contributed by atoms with E-state index >= 15 is 0 Å². The summed E-state index contributed by atoms with van der Waals surface area (Å²) in [5.41, 5.74) is 1.31. The number of anilines is 2. The molecule has 2 aromatic rings. The van der Waals surface area contributed by atoms with Crippen molar-refractivity contribution in [2.24, 2.45) is 5.92 Å². The lowest BCUT2D eigenvalue weighted by atomic mass is 9.74. The minimum absolute atomic E-state index is 0.00438. The highest BCUT2D eigenvalue weighted by atomic mass is 32.1. The van der Waals surface area contributed by atoms with Crippen LogP contribution in [0.4, 0.5) is 11.8 Å². The summed E-state index contributed by atoms with van der Waals surface area (Å²) in [5.74, 6) is 2.51. The van der Waals surface area contributed by atoms with Crippen molar-refractivity contribution in [2.45, 2.75) is 38.0 Å². The smallest absolute Gasteiger partial charge is 0.234 e. The maximum absolute atomic E-state index is 5.64. The summed E-state index contributed by atoms with van der Waals surface area (Å²) < 4.78 is 11.1. The number of methoxy groups -OCH3 is 1. The molecule has 1 atom stereocenters. The predicted molar refractivity (Wildman–Crippen MR) is 132 cm³/mol. The fourth-order valence-electron chi connectivity index (χ4n) is 4.65. The van der Waals surface area contributed by atoms with Gasteiger partial charge in [0, 0.05) is 44.3 Å². The average Bonchev–Trinajstić information content (AvgIpc) is 2.84. The molecule has 2 aliphatic heterocycles. The molecule has 2 aliphatic rings. The van der Waals surface area contributed by atoms with Gasteiger partial charge in [0.25, 0.3) is 0 Å². The molecule has 2 fully saturated rings. The summed E-state index contributed by atoms with van der Waals surface area (Å²) >= 11 is 5.61. The minimum Gasteiger partial charge on any atom is -0.481 e. The second kappa shape index (κ2) is 10.4. The van der Waals surface area contributed by atoms with Crippen molar-refractivity contribution in [1.29, 1.82) is 0 Å². The Kier molecular flexibility index (Phi) is 7.42. The Balaban J connectivity index is 1.44. The molecule has 7 nitrogen and oxygen atoms in total. The van der Waals surface area contributed by atoms with Crippen LogP contribution in [-0.2, 0) is 10.2 Å². The zero-order valence-electron chi connectivity index (χ0n) is 19.0. The molecule has 0 bridgehead atoms. The molecule has 1 unspecified atom stereocenters. The Morgan fingerprint density at radius 1 is 1.25 bits per heavy atom. The van der Waals surface area contributed by atoms with Crippen LogP contribution in [0.25, 0.3) is 0 Å². The lowest BCUT2D eigenvalue weighted by Crippen LogP contribution is -2.45. The van der Waals surface area contributed by atoms with Crippen molar-refractivity contribution in [3.8, 4) is 5.88 Å². The Morgan fingerprint density at radius 3 is 2.75 bits per heavy atom. The monoisotopic (exact) mass is 455 g/mol. The normalized spacial score (nSPS) is 20.4. The molecule has 0 saturated carbocycles. The first-order valence-electron chi connectivity index (χ1n) is 11.4. The van der Waals surface area contributed by atoms with E-state index in [9.17, 15) is 0 Å². The van der Waals surface area contributed by atoms with Crippen LogP contribution in [0.1, 0.15) is 38.2 Å². The van der Waals surface area contributed by atoms with E-state index in [0.29, 0.717) is 22.9 Å². The van der Waals surface area contributed by atoms with Crippen LogP contribution in [0.2, 0.25) is 0 Å². The number of ether oxygens (including phenoxy) is 2. The minimum atomic E-state index is -0.00438. The Morgan fingerprint density at radius 2 is 2.03 bits per heavy atom. The third-order valence-corrected chi connectivity index (χ3v) is 6.77. The van der Waals surface area contributed by atoms with E-state index in [2.05, 4.69) is 57.8 Å². The van der Waals surface area contributed by atoms with Crippen LogP contribution in [0, 0.1) is 5.92 Å². The van der Waals surface area contributed by atoms with E-state index in [1.165, 1.54) is 18.4 Å². The second-order valence-electron chi connectivity index (χ2n) is 8.85. The summed E-state index contributed by atoms with van der Waals surface area (Å²) in [6, 6.07) is 12.5. The SMILES string of the molecule is COc1cc(N2CCCC(C)C2)nc(NC(=S)NCC2(c3ccccc3)CCOCC2)n1. The van der Waals surface area contributed by atoms with Crippen LogP contribution in [0.5, 0.6) is 5.88 Å². The van der Waals surface area contributed by atoms with Gasteiger partial charge in [0.05, 0.1) is 7.11 Å². The molecule has 0 spiro atoms. The summed E-state index contributed by atoms with van der Waals surface area (Å²) in [4.78, 5) is 11.5. The second-order valence-corrected chi connectivity index (χ2v) is 9.26. The van der Waals surface area contributed by atoms with E-state index in [4.69, 9.17) is 26.7 Å². The Labute approximate surface area is 195 Å². The Hall–Kier alpha value is -2.45. The number of hydrogen-bond donors (Lipinski definition) is 2. The maximum Gasteiger partial charge on any atom is 0.234 e. The predicted octanol–water partition coefficient (Wildman–Crippen LogP) is 3.76. The lowest BCUT2D eigenvalue weighted by molar-refractivity contribution is 0.0515. The van der Waals surface area contributed by atoms with Crippen LogP contribution >= 0.6 is 12.2 Å². The molecule has 1 aromatic heterocycles. The van der Waals surface area contributed by atoms with Gasteiger partial charge in [0.1, 0.15) is 5.82 Å². The summed E-state index contributed by atoms with van der Waals surface area (Å²) in [5, 5.41) is 7.10. The van der Waals surface area contributed by atoms with E-state index in [1.807, 2.05) is 6.07 Å². The number of nitrogens with one attached hydrogen (secondary N) is 2. The topological polar surface area (TPSA) is 71.5 Å². The molecule has 1 aromatic carbocycles. The van der Waals surface area contributed by atoms with E-state index < -0.39 is 0 Å².